The molecule has 0 aliphatic heterocycles. The Balaban J connectivity index is 0. The fourth-order valence-electron chi connectivity index (χ4n) is 1.53. The summed E-state index contributed by atoms with van der Waals surface area (Å²) in [4.78, 5) is 20.3. The SMILES string of the molecule is CCCC(C)CC(=O)O.CCCCC(C)C(=O)O. The molecule has 0 spiro atoms. The molecule has 4 heteroatoms. The lowest BCUT2D eigenvalue weighted by molar-refractivity contribution is -0.141. The summed E-state index contributed by atoms with van der Waals surface area (Å²) in [5.74, 6) is -1.18. The third-order valence-electron chi connectivity index (χ3n) is 2.72. The quantitative estimate of drug-likeness (QED) is 0.696. The standard InChI is InChI=1S/2C7H14O2/c1-3-4-6(2)5-7(8)9;1-3-4-5-6(2)7(8)9/h2*6H,3-5H2,1-2H3,(H,8,9). The molecule has 4 nitrogen and oxygen atoms in total. The molecule has 0 fully saturated rings. The fourth-order valence-corrected chi connectivity index (χ4v) is 1.53. The summed E-state index contributed by atoms with van der Waals surface area (Å²) in [5.41, 5.74) is 0. The van der Waals surface area contributed by atoms with Crippen LogP contribution in [0.15, 0.2) is 0 Å². The van der Waals surface area contributed by atoms with Crippen molar-refractivity contribution in [1.29, 1.82) is 0 Å². The van der Waals surface area contributed by atoms with Crippen molar-refractivity contribution in [3.63, 3.8) is 0 Å². The number of carboxylic acid groups (broad SMARTS) is 2. The molecular weight excluding hydrogens is 232 g/mol. The van der Waals surface area contributed by atoms with Crippen LogP contribution in [0.4, 0.5) is 0 Å². The number of carboxylic acids is 2. The second-order valence-electron chi connectivity index (χ2n) is 4.87. The van der Waals surface area contributed by atoms with E-state index in [2.05, 4.69) is 13.8 Å². The molecule has 0 saturated carbocycles. The van der Waals surface area contributed by atoms with E-state index in [4.69, 9.17) is 10.2 Å². The minimum absolute atomic E-state index is 0.162. The van der Waals surface area contributed by atoms with E-state index in [0.29, 0.717) is 12.3 Å². The van der Waals surface area contributed by atoms with Crippen LogP contribution in [0.1, 0.15) is 66.2 Å². The molecular formula is C14H28O4. The molecule has 2 atom stereocenters. The lowest BCUT2D eigenvalue weighted by atomic mass is 10.0. The maximum atomic E-state index is 10.2. The highest BCUT2D eigenvalue weighted by atomic mass is 16.4. The summed E-state index contributed by atoms with van der Waals surface area (Å²) in [6.07, 6.45) is 5.32. The van der Waals surface area contributed by atoms with Gasteiger partial charge in [-0.2, -0.15) is 0 Å². The third-order valence-corrected chi connectivity index (χ3v) is 2.72. The Morgan fingerprint density at radius 3 is 1.89 bits per heavy atom. The van der Waals surface area contributed by atoms with Gasteiger partial charge < -0.3 is 10.2 Å². The smallest absolute Gasteiger partial charge is 0.306 e. The van der Waals surface area contributed by atoms with Crippen LogP contribution in [0.3, 0.4) is 0 Å². The Morgan fingerprint density at radius 2 is 1.56 bits per heavy atom. The van der Waals surface area contributed by atoms with E-state index in [0.717, 1.165) is 32.1 Å². The molecule has 0 rings (SSSR count). The zero-order valence-electron chi connectivity index (χ0n) is 12.1. The van der Waals surface area contributed by atoms with Gasteiger partial charge in [0, 0.05) is 6.42 Å². The highest BCUT2D eigenvalue weighted by Crippen LogP contribution is 2.08. The Hall–Kier alpha value is -1.06. The Morgan fingerprint density at radius 1 is 1.00 bits per heavy atom. The fraction of sp³-hybridized carbons (Fsp3) is 0.857. The maximum Gasteiger partial charge on any atom is 0.306 e. The van der Waals surface area contributed by atoms with E-state index in [9.17, 15) is 9.59 Å². The number of carbonyl (C=O) groups is 2. The summed E-state index contributed by atoms with van der Waals surface area (Å²) < 4.78 is 0. The average Bonchev–Trinajstić information content (AvgIpc) is 2.25. The molecule has 0 aliphatic carbocycles. The van der Waals surface area contributed by atoms with Gasteiger partial charge >= 0.3 is 11.9 Å². The lowest BCUT2D eigenvalue weighted by Crippen LogP contribution is -2.08. The van der Waals surface area contributed by atoms with Crippen LogP contribution in [0.25, 0.3) is 0 Å². The first kappa shape index (κ1) is 19.3. The topological polar surface area (TPSA) is 74.6 Å². The summed E-state index contributed by atoms with van der Waals surface area (Å²) in [5, 5.41) is 16.7. The molecule has 0 aromatic rings. The first-order valence-corrected chi connectivity index (χ1v) is 6.79. The predicted octanol–water partition coefficient (Wildman–Crippen LogP) is 3.79. The zero-order valence-corrected chi connectivity index (χ0v) is 12.1. The Labute approximate surface area is 110 Å². The van der Waals surface area contributed by atoms with Gasteiger partial charge in [0.25, 0.3) is 0 Å². The first-order valence-electron chi connectivity index (χ1n) is 6.79. The molecule has 0 heterocycles. The van der Waals surface area contributed by atoms with Gasteiger partial charge in [0.1, 0.15) is 0 Å². The normalized spacial score (nSPS) is 13.1. The van der Waals surface area contributed by atoms with Crippen molar-refractivity contribution < 1.29 is 19.8 Å². The summed E-state index contributed by atoms with van der Waals surface area (Å²) in [6.45, 7) is 7.85. The number of unbranched alkanes of at least 4 members (excludes halogenated alkanes) is 1. The molecule has 108 valence electrons. The average molecular weight is 260 g/mol. The van der Waals surface area contributed by atoms with Crippen molar-refractivity contribution in [1.82, 2.24) is 0 Å². The Bertz CT molecular complexity index is 226. The van der Waals surface area contributed by atoms with Crippen molar-refractivity contribution >= 4 is 11.9 Å². The van der Waals surface area contributed by atoms with Crippen LogP contribution < -0.4 is 0 Å². The van der Waals surface area contributed by atoms with Gasteiger partial charge in [-0.3, -0.25) is 9.59 Å². The molecule has 0 bridgehead atoms. The van der Waals surface area contributed by atoms with Crippen LogP contribution in [-0.4, -0.2) is 22.2 Å². The molecule has 2 N–H and O–H groups in total. The number of hydrogen-bond acceptors (Lipinski definition) is 2. The van der Waals surface area contributed by atoms with Crippen LogP contribution in [0.5, 0.6) is 0 Å². The van der Waals surface area contributed by atoms with Gasteiger partial charge in [0.15, 0.2) is 0 Å². The molecule has 2 unspecified atom stereocenters. The van der Waals surface area contributed by atoms with Crippen LogP contribution in [-0.2, 0) is 9.59 Å². The molecule has 0 aromatic heterocycles. The summed E-state index contributed by atoms with van der Waals surface area (Å²) in [6, 6.07) is 0. The second-order valence-corrected chi connectivity index (χ2v) is 4.87. The van der Waals surface area contributed by atoms with Crippen molar-refractivity contribution in [3.05, 3.63) is 0 Å². The Kier molecular flexibility index (Phi) is 13.3. The largest absolute Gasteiger partial charge is 0.481 e. The maximum absolute atomic E-state index is 10.2. The van der Waals surface area contributed by atoms with E-state index >= 15 is 0 Å². The number of aliphatic carboxylic acids is 2. The molecule has 0 saturated heterocycles. The molecule has 0 radical (unpaired) electrons. The molecule has 0 aliphatic rings. The minimum Gasteiger partial charge on any atom is -0.481 e. The minimum atomic E-state index is -0.684. The van der Waals surface area contributed by atoms with E-state index in [1.54, 1.807) is 6.92 Å². The van der Waals surface area contributed by atoms with Crippen molar-refractivity contribution in [2.45, 2.75) is 66.2 Å². The highest BCUT2D eigenvalue weighted by Gasteiger charge is 2.08. The van der Waals surface area contributed by atoms with Gasteiger partial charge in [-0.25, -0.2) is 0 Å². The van der Waals surface area contributed by atoms with Crippen LogP contribution >= 0.6 is 0 Å². The van der Waals surface area contributed by atoms with Gasteiger partial charge in [-0.1, -0.05) is 53.4 Å². The van der Waals surface area contributed by atoms with Gasteiger partial charge in [-0.05, 0) is 12.3 Å². The molecule has 0 aromatic carbocycles. The zero-order chi connectivity index (χ0) is 14.6. The van der Waals surface area contributed by atoms with E-state index in [1.807, 2.05) is 6.92 Å². The van der Waals surface area contributed by atoms with Gasteiger partial charge in [0.2, 0.25) is 0 Å². The van der Waals surface area contributed by atoms with E-state index in [-0.39, 0.29) is 5.92 Å². The van der Waals surface area contributed by atoms with Gasteiger partial charge in [-0.15, -0.1) is 0 Å². The molecule has 18 heavy (non-hydrogen) atoms. The third kappa shape index (κ3) is 14.9. The van der Waals surface area contributed by atoms with Crippen molar-refractivity contribution in [2.75, 3.05) is 0 Å². The van der Waals surface area contributed by atoms with Crippen molar-refractivity contribution in [3.8, 4) is 0 Å². The van der Waals surface area contributed by atoms with Gasteiger partial charge in [0.05, 0.1) is 5.92 Å². The number of rotatable bonds is 8. The monoisotopic (exact) mass is 260 g/mol. The predicted molar refractivity (Wildman–Crippen MR) is 72.6 cm³/mol. The lowest BCUT2D eigenvalue weighted by Gasteiger charge is -2.03. The van der Waals surface area contributed by atoms with E-state index < -0.39 is 11.9 Å². The summed E-state index contributed by atoms with van der Waals surface area (Å²) >= 11 is 0. The van der Waals surface area contributed by atoms with Crippen LogP contribution in [0.2, 0.25) is 0 Å². The highest BCUT2D eigenvalue weighted by molar-refractivity contribution is 5.69. The first-order chi connectivity index (χ1) is 8.34. The molecule has 0 amide bonds. The summed E-state index contributed by atoms with van der Waals surface area (Å²) in [7, 11) is 0. The van der Waals surface area contributed by atoms with Crippen LogP contribution in [0, 0.1) is 11.8 Å². The second kappa shape index (κ2) is 12.4. The van der Waals surface area contributed by atoms with E-state index in [1.165, 1.54) is 0 Å². The van der Waals surface area contributed by atoms with Crippen molar-refractivity contribution in [2.24, 2.45) is 11.8 Å². The number of hydrogen-bond donors (Lipinski definition) is 2.